The van der Waals surface area contributed by atoms with Crippen LogP contribution in [0.3, 0.4) is 0 Å². The summed E-state index contributed by atoms with van der Waals surface area (Å²) < 4.78 is 1.08. The maximum absolute atomic E-state index is 4.32. The van der Waals surface area contributed by atoms with Crippen LogP contribution < -0.4 is 5.32 Å². The molecule has 0 amide bonds. The number of halogens is 1. The predicted octanol–water partition coefficient (Wildman–Crippen LogP) is 2.98. The van der Waals surface area contributed by atoms with Crippen LogP contribution in [0, 0.1) is 0 Å². The van der Waals surface area contributed by atoms with Crippen molar-refractivity contribution in [1.82, 2.24) is 15.2 Å². The Hall–Kier alpha value is -0.450. The number of pyridine rings is 1. The minimum atomic E-state index is 0.525. The lowest BCUT2D eigenvalue weighted by molar-refractivity contribution is 0.163. The van der Waals surface area contributed by atoms with Crippen LogP contribution in [0.25, 0.3) is 0 Å². The van der Waals surface area contributed by atoms with E-state index in [9.17, 15) is 0 Å². The Bertz CT molecular complexity index is 364. The fourth-order valence-corrected chi connectivity index (χ4v) is 2.94. The molecule has 1 saturated heterocycles. The first-order valence-electron chi connectivity index (χ1n) is 6.86. The summed E-state index contributed by atoms with van der Waals surface area (Å²) in [5.41, 5.74) is 1.35. The molecule has 1 aliphatic heterocycles. The van der Waals surface area contributed by atoms with Crippen molar-refractivity contribution in [2.75, 3.05) is 26.2 Å². The standard InChI is InChI=1S/C14H22BrN3/c1-2-3-4-14(18-7-5-16-6-8-18)12-9-13(15)11-17-10-12/h9-11,14,16H,2-8H2,1H3/t14-/m0/s1. The van der Waals surface area contributed by atoms with Crippen LogP contribution in [-0.2, 0) is 0 Å². The second-order valence-corrected chi connectivity index (χ2v) is 5.80. The number of nitrogens with zero attached hydrogens (tertiary/aromatic N) is 2. The lowest BCUT2D eigenvalue weighted by Crippen LogP contribution is -2.45. The van der Waals surface area contributed by atoms with Gasteiger partial charge in [0.1, 0.15) is 0 Å². The van der Waals surface area contributed by atoms with Crippen LogP contribution in [0.4, 0.5) is 0 Å². The fourth-order valence-electron chi connectivity index (χ4n) is 2.56. The largest absolute Gasteiger partial charge is 0.314 e. The highest BCUT2D eigenvalue weighted by atomic mass is 79.9. The van der Waals surface area contributed by atoms with E-state index in [2.05, 4.69) is 44.1 Å². The number of piperazine rings is 1. The van der Waals surface area contributed by atoms with Crippen molar-refractivity contribution in [3.05, 3.63) is 28.5 Å². The Morgan fingerprint density at radius 1 is 1.39 bits per heavy atom. The van der Waals surface area contributed by atoms with E-state index in [1.165, 1.54) is 24.8 Å². The van der Waals surface area contributed by atoms with Gasteiger partial charge in [-0.05, 0) is 34.0 Å². The monoisotopic (exact) mass is 311 g/mol. The zero-order valence-electron chi connectivity index (χ0n) is 11.0. The highest BCUT2D eigenvalue weighted by Crippen LogP contribution is 2.27. The van der Waals surface area contributed by atoms with Gasteiger partial charge in [0, 0.05) is 49.1 Å². The SMILES string of the molecule is CCCC[C@@H](c1cncc(Br)c1)N1CCNCC1. The van der Waals surface area contributed by atoms with Crippen molar-refractivity contribution >= 4 is 15.9 Å². The molecular formula is C14H22BrN3. The molecule has 0 unspecified atom stereocenters. The Labute approximate surface area is 118 Å². The molecule has 0 saturated carbocycles. The molecule has 4 heteroatoms. The molecule has 2 rings (SSSR count). The number of hydrogen-bond acceptors (Lipinski definition) is 3. The summed E-state index contributed by atoms with van der Waals surface area (Å²) in [5, 5.41) is 3.42. The molecule has 0 aliphatic carbocycles. The average Bonchev–Trinajstić information content (AvgIpc) is 2.40. The molecule has 1 aromatic heterocycles. The molecule has 0 aromatic carbocycles. The third-order valence-electron chi connectivity index (χ3n) is 3.53. The average molecular weight is 312 g/mol. The highest BCUT2D eigenvalue weighted by Gasteiger charge is 2.21. The van der Waals surface area contributed by atoms with Crippen molar-refractivity contribution in [1.29, 1.82) is 0 Å². The van der Waals surface area contributed by atoms with E-state index < -0.39 is 0 Å². The second kappa shape index (κ2) is 7.22. The smallest absolute Gasteiger partial charge is 0.0410 e. The van der Waals surface area contributed by atoms with E-state index in [1.807, 2.05) is 12.4 Å². The van der Waals surface area contributed by atoms with Gasteiger partial charge in [-0.15, -0.1) is 0 Å². The van der Waals surface area contributed by atoms with E-state index in [0.717, 1.165) is 30.7 Å². The molecule has 0 spiro atoms. The summed E-state index contributed by atoms with van der Waals surface area (Å²) in [6.45, 7) is 6.74. The van der Waals surface area contributed by atoms with Gasteiger partial charge in [-0.2, -0.15) is 0 Å². The number of rotatable bonds is 5. The summed E-state index contributed by atoms with van der Waals surface area (Å²) in [6.07, 6.45) is 7.64. The van der Waals surface area contributed by atoms with Gasteiger partial charge in [-0.1, -0.05) is 19.8 Å². The van der Waals surface area contributed by atoms with Gasteiger partial charge in [0.15, 0.2) is 0 Å². The molecule has 100 valence electrons. The normalized spacial score (nSPS) is 18.8. The van der Waals surface area contributed by atoms with E-state index in [0.29, 0.717) is 6.04 Å². The van der Waals surface area contributed by atoms with Crippen molar-refractivity contribution in [3.63, 3.8) is 0 Å². The topological polar surface area (TPSA) is 28.2 Å². The van der Waals surface area contributed by atoms with Crippen molar-refractivity contribution < 1.29 is 0 Å². The quantitative estimate of drug-likeness (QED) is 0.906. The van der Waals surface area contributed by atoms with Crippen LogP contribution >= 0.6 is 15.9 Å². The molecule has 1 atom stereocenters. The van der Waals surface area contributed by atoms with Crippen molar-refractivity contribution in [2.24, 2.45) is 0 Å². The third kappa shape index (κ3) is 3.77. The molecule has 0 radical (unpaired) electrons. The molecule has 1 aliphatic rings. The Balaban J connectivity index is 2.12. The minimum absolute atomic E-state index is 0.525. The first kappa shape index (κ1) is 14.0. The lowest BCUT2D eigenvalue weighted by Gasteiger charge is -2.35. The van der Waals surface area contributed by atoms with Crippen molar-refractivity contribution in [2.45, 2.75) is 32.2 Å². The minimum Gasteiger partial charge on any atom is -0.314 e. The number of nitrogens with one attached hydrogen (secondary N) is 1. The van der Waals surface area contributed by atoms with Crippen LogP contribution in [0.5, 0.6) is 0 Å². The Kier molecular flexibility index (Phi) is 5.60. The van der Waals surface area contributed by atoms with Crippen LogP contribution in [0.2, 0.25) is 0 Å². The van der Waals surface area contributed by atoms with E-state index >= 15 is 0 Å². The van der Waals surface area contributed by atoms with Crippen LogP contribution in [0.1, 0.15) is 37.8 Å². The molecule has 1 aromatic rings. The molecule has 18 heavy (non-hydrogen) atoms. The van der Waals surface area contributed by atoms with Gasteiger partial charge in [0.05, 0.1) is 0 Å². The molecular weight excluding hydrogens is 290 g/mol. The predicted molar refractivity (Wildman–Crippen MR) is 78.6 cm³/mol. The van der Waals surface area contributed by atoms with Crippen LogP contribution in [-0.4, -0.2) is 36.1 Å². The van der Waals surface area contributed by atoms with E-state index in [4.69, 9.17) is 0 Å². The Morgan fingerprint density at radius 3 is 2.83 bits per heavy atom. The van der Waals surface area contributed by atoms with Gasteiger partial charge in [0.2, 0.25) is 0 Å². The first-order chi connectivity index (χ1) is 8.81. The second-order valence-electron chi connectivity index (χ2n) is 4.88. The number of unbranched alkanes of at least 4 members (excludes halogenated alkanes) is 1. The molecule has 3 nitrogen and oxygen atoms in total. The van der Waals surface area contributed by atoms with Gasteiger partial charge in [-0.25, -0.2) is 0 Å². The summed E-state index contributed by atoms with van der Waals surface area (Å²) in [4.78, 5) is 6.91. The van der Waals surface area contributed by atoms with E-state index in [1.54, 1.807) is 0 Å². The maximum Gasteiger partial charge on any atom is 0.0410 e. The fraction of sp³-hybridized carbons (Fsp3) is 0.643. The molecule has 1 N–H and O–H groups in total. The highest BCUT2D eigenvalue weighted by molar-refractivity contribution is 9.10. The molecule has 0 bridgehead atoms. The van der Waals surface area contributed by atoms with Gasteiger partial charge in [-0.3, -0.25) is 9.88 Å². The van der Waals surface area contributed by atoms with Crippen LogP contribution in [0.15, 0.2) is 22.9 Å². The summed E-state index contributed by atoms with van der Waals surface area (Å²) in [6, 6.07) is 2.74. The zero-order valence-corrected chi connectivity index (χ0v) is 12.6. The maximum atomic E-state index is 4.32. The molecule has 1 fully saturated rings. The summed E-state index contributed by atoms with van der Waals surface area (Å²) in [5.74, 6) is 0. The van der Waals surface area contributed by atoms with Crippen molar-refractivity contribution in [3.8, 4) is 0 Å². The summed E-state index contributed by atoms with van der Waals surface area (Å²) >= 11 is 3.53. The number of hydrogen-bond donors (Lipinski definition) is 1. The van der Waals surface area contributed by atoms with E-state index in [-0.39, 0.29) is 0 Å². The van der Waals surface area contributed by atoms with Gasteiger partial charge < -0.3 is 5.32 Å². The first-order valence-corrected chi connectivity index (χ1v) is 7.65. The third-order valence-corrected chi connectivity index (χ3v) is 3.97. The number of aromatic nitrogens is 1. The molecule has 2 heterocycles. The van der Waals surface area contributed by atoms with Gasteiger partial charge >= 0.3 is 0 Å². The summed E-state index contributed by atoms with van der Waals surface area (Å²) in [7, 11) is 0. The Morgan fingerprint density at radius 2 is 2.17 bits per heavy atom. The zero-order chi connectivity index (χ0) is 12.8. The van der Waals surface area contributed by atoms with Gasteiger partial charge in [0.25, 0.3) is 0 Å². The lowest BCUT2D eigenvalue weighted by atomic mass is 10.0.